The Bertz CT molecular complexity index is 522. The minimum absolute atomic E-state index is 0.0137. The van der Waals surface area contributed by atoms with E-state index >= 15 is 0 Å². The third-order valence-corrected chi connectivity index (χ3v) is 4.64. The highest BCUT2D eigenvalue weighted by Gasteiger charge is 2.31. The Kier molecular flexibility index (Phi) is 5.74. The van der Waals surface area contributed by atoms with Crippen molar-refractivity contribution < 1.29 is 18.0 Å². The Hall–Kier alpha value is -1.21. The van der Waals surface area contributed by atoms with Crippen molar-refractivity contribution >= 4 is 17.7 Å². The molecule has 7 heteroatoms. The second-order valence-electron chi connectivity index (χ2n) is 5.26. The average Bonchev–Trinajstić information content (AvgIpc) is 2.93. The minimum atomic E-state index is -4.35. The fourth-order valence-corrected chi connectivity index (χ4v) is 3.44. The van der Waals surface area contributed by atoms with Crippen LogP contribution in [0.5, 0.6) is 0 Å². The van der Waals surface area contributed by atoms with Crippen molar-refractivity contribution in [2.75, 3.05) is 25.9 Å². The second kappa shape index (κ2) is 7.37. The number of likely N-dealkylation sites (tertiary alicyclic amines) is 1. The summed E-state index contributed by atoms with van der Waals surface area (Å²) in [6.07, 6.45) is -2.40. The monoisotopic (exact) mass is 332 g/mol. The molecule has 1 N–H and O–H groups in total. The molecule has 0 aliphatic carbocycles. The normalized spacial score (nSPS) is 18.7. The Labute approximate surface area is 132 Å². The number of carbonyl (C=O) groups excluding carboxylic acids is 1. The average molecular weight is 332 g/mol. The van der Waals surface area contributed by atoms with E-state index in [9.17, 15) is 18.0 Å². The van der Waals surface area contributed by atoms with Gasteiger partial charge >= 0.3 is 6.18 Å². The van der Waals surface area contributed by atoms with Gasteiger partial charge in [0.1, 0.15) is 0 Å². The first-order valence-corrected chi connectivity index (χ1v) is 8.14. The molecule has 22 heavy (non-hydrogen) atoms. The zero-order chi connectivity index (χ0) is 16.2. The summed E-state index contributed by atoms with van der Waals surface area (Å²) in [7, 11) is 1.85. The van der Waals surface area contributed by atoms with Crippen LogP contribution in [0.1, 0.15) is 18.4 Å². The van der Waals surface area contributed by atoms with Gasteiger partial charge in [0.05, 0.1) is 11.3 Å². The van der Waals surface area contributed by atoms with Crippen LogP contribution < -0.4 is 5.32 Å². The molecule has 1 saturated heterocycles. The third-order valence-electron chi connectivity index (χ3n) is 3.66. The van der Waals surface area contributed by atoms with Crippen molar-refractivity contribution in [3.05, 3.63) is 29.8 Å². The predicted molar refractivity (Wildman–Crippen MR) is 80.8 cm³/mol. The van der Waals surface area contributed by atoms with Gasteiger partial charge in [0.15, 0.2) is 0 Å². The van der Waals surface area contributed by atoms with Crippen LogP contribution in [-0.4, -0.2) is 42.7 Å². The van der Waals surface area contributed by atoms with Crippen LogP contribution in [0.4, 0.5) is 13.2 Å². The van der Waals surface area contributed by atoms with E-state index in [1.54, 1.807) is 6.07 Å². The summed E-state index contributed by atoms with van der Waals surface area (Å²) in [5.41, 5.74) is -0.681. The van der Waals surface area contributed by atoms with Crippen LogP contribution >= 0.6 is 11.8 Å². The van der Waals surface area contributed by atoms with Gasteiger partial charge in [-0.2, -0.15) is 13.2 Å². The molecule has 1 aromatic carbocycles. The fourth-order valence-electron chi connectivity index (χ4n) is 2.60. The van der Waals surface area contributed by atoms with Gasteiger partial charge in [-0.15, -0.1) is 11.8 Å². The summed E-state index contributed by atoms with van der Waals surface area (Å²) in [6.45, 7) is 1.48. The summed E-state index contributed by atoms with van der Waals surface area (Å²) >= 11 is 1.15. The molecule has 0 aromatic heterocycles. The lowest BCUT2D eigenvalue weighted by Crippen LogP contribution is -2.41. The number of alkyl halides is 3. The number of benzene rings is 1. The van der Waals surface area contributed by atoms with Crippen LogP contribution in [0.3, 0.4) is 0 Å². The van der Waals surface area contributed by atoms with E-state index in [-0.39, 0.29) is 17.7 Å². The number of amides is 1. The van der Waals surface area contributed by atoms with Crippen molar-refractivity contribution in [3.8, 4) is 0 Å². The lowest BCUT2D eigenvalue weighted by molar-refractivity contribution is -0.137. The molecular formula is C15H19F3N2OS. The highest BCUT2D eigenvalue weighted by Crippen LogP contribution is 2.32. The number of thioether (sulfide) groups is 1. The number of carbonyl (C=O) groups is 1. The number of hydrogen-bond donors (Lipinski definition) is 1. The molecule has 2 rings (SSSR count). The summed E-state index contributed by atoms with van der Waals surface area (Å²) in [5, 5.41) is 3.07. The van der Waals surface area contributed by atoms with Gasteiger partial charge < -0.3 is 10.2 Å². The van der Waals surface area contributed by atoms with Crippen LogP contribution in [-0.2, 0) is 11.0 Å². The molecule has 1 unspecified atom stereocenters. The lowest BCUT2D eigenvalue weighted by Gasteiger charge is -2.24. The van der Waals surface area contributed by atoms with Gasteiger partial charge in [-0.25, -0.2) is 0 Å². The van der Waals surface area contributed by atoms with Crippen molar-refractivity contribution in [2.24, 2.45) is 0 Å². The Morgan fingerprint density at radius 1 is 1.45 bits per heavy atom. The number of halogens is 3. The maximum atomic E-state index is 12.7. The number of nitrogens with one attached hydrogen (secondary N) is 1. The van der Waals surface area contributed by atoms with E-state index in [2.05, 4.69) is 5.32 Å². The van der Waals surface area contributed by atoms with Crippen molar-refractivity contribution in [2.45, 2.75) is 30.0 Å². The first-order valence-electron chi connectivity index (χ1n) is 7.16. The van der Waals surface area contributed by atoms with Gasteiger partial charge in [-0.3, -0.25) is 4.79 Å². The van der Waals surface area contributed by atoms with Crippen LogP contribution in [0.15, 0.2) is 29.2 Å². The minimum Gasteiger partial charge on any atom is -0.338 e. The number of likely N-dealkylation sites (N-methyl/N-ethyl adjacent to an activating group) is 1. The van der Waals surface area contributed by atoms with Gasteiger partial charge in [-0.1, -0.05) is 6.07 Å². The zero-order valence-corrected chi connectivity index (χ0v) is 13.1. The van der Waals surface area contributed by atoms with Crippen molar-refractivity contribution in [1.82, 2.24) is 10.2 Å². The fraction of sp³-hybridized carbons (Fsp3) is 0.533. The lowest BCUT2D eigenvalue weighted by atomic mass is 10.2. The van der Waals surface area contributed by atoms with Gasteiger partial charge in [0.25, 0.3) is 0 Å². The van der Waals surface area contributed by atoms with Crippen LogP contribution in [0.2, 0.25) is 0 Å². The summed E-state index contributed by atoms with van der Waals surface area (Å²) < 4.78 is 38.0. The van der Waals surface area contributed by atoms with E-state index in [4.69, 9.17) is 0 Å². The molecule has 1 aliphatic rings. The Morgan fingerprint density at radius 3 is 2.91 bits per heavy atom. The quantitative estimate of drug-likeness (QED) is 0.842. The smallest absolute Gasteiger partial charge is 0.338 e. The highest BCUT2D eigenvalue weighted by molar-refractivity contribution is 8.00. The first kappa shape index (κ1) is 17.1. The van der Waals surface area contributed by atoms with E-state index in [1.807, 2.05) is 11.9 Å². The molecule has 1 heterocycles. The summed E-state index contributed by atoms with van der Waals surface area (Å²) in [4.78, 5) is 14.5. The highest BCUT2D eigenvalue weighted by atomic mass is 32.2. The van der Waals surface area contributed by atoms with E-state index in [0.717, 1.165) is 49.8 Å². The van der Waals surface area contributed by atoms with Crippen LogP contribution in [0, 0.1) is 0 Å². The topological polar surface area (TPSA) is 32.3 Å². The van der Waals surface area contributed by atoms with Crippen molar-refractivity contribution in [3.63, 3.8) is 0 Å². The SMILES string of the molecule is CNCC1CCCN1C(=O)CSc1cccc(C(F)(F)F)c1. The molecule has 0 radical (unpaired) electrons. The summed E-state index contributed by atoms with van der Waals surface area (Å²) in [5.74, 6) is 0.154. The van der Waals surface area contributed by atoms with E-state index < -0.39 is 11.7 Å². The van der Waals surface area contributed by atoms with E-state index in [0.29, 0.717) is 4.90 Å². The Balaban J connectivity index is 1.94. The van der Waals surface area contributed by atoms with Gasteiger partial charge in [-0.05, 0) is 38.1 Å². The van der Waals surface area contributed by atoms with E-state index in [1.165, 1.54) is 6.07 Å². The molecule has 1 aromatic rings. The Morgan fingerprint density at radius 2 is 2.23 bits per heavy atom. The molecule has 0 spiro atoms. The van der Waals surface area contributed by atoms with Gasteiger partial charge in [0.2, 0.25) is 5.91 Å². The van der Waals surface area contributed by atoms with Gasteiger partial charge in [0, 0.05) is 24.0 Å². The van der Waals surface area contributed by atoms with Crippen molar-refractivity contribution in [1.29, 1.82) is 0 Å². The standard InChI is InChI=1S/C15H19F3N2OS/c1-19-9-12-5-3-7-20(12)14(21)10-22-13-6-2-4-11(8-13)15(16,17)18/h2,4,6,8,12,19H,3,5,7,9-10H2,1H3. The predicted octanol–water partition coefficient (Wildman–Crippen LogP) is 3.01. The molecule has 3 nitrogen and oxygen atoms in total. The maximum Gasteiger partial charge on any atom is 0.416 e. The maximum absolute atomic E-state index is 12.7. The molecule has 122 valence electrons. The second-order valence-corrected chi connectivity index (χ2v) is 6.30. The number of hydrogen-bond acceptors (Lipinski definition) is 3. The molecular weight excluding hydrogens is 313 g/mol. The molecule has 1 atom stereocenters. The molecule has 1 amide bonds. The number of rotatable bonds is 5. The zero-order valence-electron chi connectivity index (χ0n) is 12.3. The largest absolute Gasteiger partial charge is 0.416 e. The van der Waals surface area contributed by atoms with Crippen LogP contribution in [0.25, 0.3) is 0 Å². The molecule has 1 aliphatic heterocycles. The molecule has 1 fully saturated rings. The molecule has 0 bridgehead atoms. The number of nitrogens with zero attached hydrogens (tertiary/aromatic N) is 1. The molecule has 0 saturated carbocycles. The third kappa shape index (κ3) is 4.39. The summed E-state index contributed by atoms with van der Waals surface area (Å²) in [6, 6.07) is 5.29. The first-order chi connectivity index (χ1) is 10.4.